The van der Waals surface area contributed by atoms with Crippen LogP contribution in [-0.2, 0) is 4.79 Å². The molecule has 5 nitrogen and oxygen atoms in total. The number of nitrogens with one attached hydrogen (secondary N) is 1. The number of carbonyl (C=O) groups is 1. The van der Waals surface area contributed by atoms with E-state index in [1.807, 2.05) is 12.1 Å². The van der Waals surface area contributed by atoms with Gasteiger partial charge in [-0.1, -0.05) is 12.1 Å². The maximum absolute atomic E-state index is 11.8. The molecule has 2 aromatic rings. The maximum atomic E-state index is 11.8. The van der Waals surface area contributed by atoms with Crippen molar-refractivity contribution in [3.05, 3.63) is 59.7 Å². The summed E-state index contributed by atoms with van der Waals surface area (Å²) in [6.07, 6.45) is 0. The van der Waals surface area contributed by atoms with Gasteiger partial charge in [0.15, 0.2) is 6.61 Å². The van der Waals surface area contributed by atoms with Crippen LogP contribution in [0.4, 0.5) is 5.69 Å². The molecule has 0 bridgehead atoms. The molecule has 0 heterocycles. The highest BCUT2D eigenvalue weighted by Crippen LogP contribution is 2.16. The van der Waals surface area contributed by atoms with Crippen molar-refractivity contribution in [2.24, 2.45) is 0 Å². The van der Waals surface area contributed by atoms with Crippen molar-refractivity contribution >= 4 is 11.6 Å². The van der Waals surface area contributed by atoms with Gasteiger partial charge in [0.1, 0.15) is 11.8 Å². The number of anilines is 1. The van der Waals surface area contributed by atoms with E-state index in [-0.39, 0.29) is 12.5 Å². The maximum Gasteiger partial charge on any atom is 0.262 e. The summed E-state index contributed by atoms with van der Waals surface area (Å²) < 4.78 is 5.32. The van der Waals surface area contributed by atoms with E-state index in [1.165, 1.54) is 0 Å². The zero-order valence-corrected chi connectivity index (χ0v) is 11.0. The van der Waals surface area contributed by atoms with Gasteiger partial charge in [0.2, 0.25) is 0 Å². The third kappa shape index (κ3) is 3.82. The minimum absolute atomic E-state index is 0.196. The Balaban J connectivity index is 1.93. The SMILES string of the molecule is N#Cc1ccc(NC(=O)COc2ccccc2C#N)cc1. The minimum atomic E-state index is -0.340. The smallest absolute Gasteiger partial charge is 0.262 e. The van der Waals surface area contributed by atoms with Crippen molar-refractivity contribution in [2.45, 2.75) is 0 Å². The summed E-state index contributed by atoms with van der Waals surface area (Å²) in [5, 5.41) is 20.2. The highest BCUT2D eigenvalue weighted by Gasteiger charge is 2.06. The van der Waals surface area contributed by atoms with Crippen LogP contribution in [-0.4, -0.2) is 12.5 Å². The van der Waals surface area contributed by atoms with Crippen LogP contribution in [0.2, 0.25) is 0 Å². The first-order valence-corrected chi connectivity index (χ1v) is 6.15. The number of ether oxygens (including phenoxy) is 1. The van der Waals surface area contributed by atoms with Gasteiger partial charge in [0.25, 0.3) is 5.91 Å². The number of para-hydroxylation sites is 1. The van der Waals surface area contributed by atoms with Gasteiger partial charge in [0.05, 0.1) is 17.2 Å². The first-order chi connectivity index (χ1) is 10.2. The molecule has 0 aliphatic heterocycles. The van der Waals surface area contributed by atoms with E-state index in [4.69, 9.17) is 15.3 Å². The molecule has 0 spiro atoms. The molecular formula is C16H11N3O2. The molecule has 2 rings (SSSR count). The average molecular weight is 277 g/mol. The molecule has 1 amide bonds. The van der Waals surface area contributed by atoms with Crippen LogP contribution >= 0.6 is 0 Å². The normalized spacial score (nSPS) is 9.24. The van der Waals surface area contributed by atoms with Gasteiger partial charge < -0.3 is 10.1 Å². The van der Waals surface area contributed by atoms with Crippen molar-refractivity contribution in [1.29, 1.82) is 10.5 Å². The molecule has 5 heteroatoms. The summed E-state index contributed by atoms with van der Waals surface area (Å²) in [5.41, 5.74) is 1.48. The Bertz CT molecular complexity index is 724. The molecule has 0 aliphatic rings. The van der Waals surface area contributed by atoms with Gasteiger partial charge in [-0.2, -0.15) is 10.5 Å². The fourth-order valence-corrected chi connectivity index (χ4v) is 1.65. The molecule has 0 saturated carbocycles. The molecule has 21 heavy (non-hydrogen) atoms. The first kappa shape index (κ1) is 14.1. The van der Waals surface area contributed by atoms with Gasteiger partial charge in [-0.25, -0.2) is 0 Å². The summed E-state index contributed by atoms with van der Waals surface area (Å²) in [5.74, 6) is 0.0300. The molecule has 0 unspecified atom stereocenters. The van der Waals surface area contributed by atoms with E-state index < -0.39 is 0 Å². The van der Waals surface area contributed by atoms with Gasteiger partial charge in [0, 0.05) is 5.69 Å². The highest BCUT2D eigenvalue weighted by atomic mass is 16.5. The topological polar surface area (TPSA) is 85.9 Å². The summed E-state index contributed by atoms with van der Waals surface area (Å²) in [7, 11) is 0. The third-order valence-electron chi connectivity index (χ3n) is 2.66. The first-order valence-electron chi connectivity index (χ1n) is 6.15. The Kier molecular flexibility index (Phi) is 4.53. The second-order valence-electron chi connectivity index (χ2n) is 4.13. The Hall–Kier alpha value is -3.31. The van der Waals surface area contributed by atoms with Crippen LogP contribution < -0.4 is 10.1 Å². The van der Waals surface area contributed by atoms with Crippen LogP contribution in [0.25, 0.3) is 0 Å². The number of nitrogens with zero attached hydrogens (tertiary/aromatic N) is 2. The summed E-state index contributed by atoms with van der Waals surface area (Å²) in [4.78, 5) is 11.8. The third-order valence-corrected chi connectivity index (χ3v) is 2.66. The van der Waals surface area contributed by atoms with E-state index in [0.29, 0.717) is 22.6 Å². The standard InChI is InChI=1S/C16H11N3O2/c17-9-12-5-7-14(8-6-12)19-16(20)11-21-15-4-2-1-3-13(15)10-18/h1-8H,11H2,(H,19,20). The second kappa shape index (κ2) is 6.74. The molecule has 0 aliphatic carbocycles. The quantitative estimate of drug-likeness (QED) is 0.930. The number of nitriles is 2. The molecule has 1 N–H and O–H groups in total. The van der Waals surface area contributed by atoms with Gasteiger partial charge in [-0.3, -0.25) is 4.79 Å². The zero-order valence-electron chi connectivity index (χ0n) is 11.0. The molecule has 0 fully saturated rings. The van der Waals surface area contributed by atoms with Gasteiger partial charge in [-0.05, 0) is 36.4 Å². The van der Waals surface area contributed by atoms with E-state index in [0.717, 1.165) is 0 Å². The van der Waals surface area contributed by atoms with Crippen LogP contribution in [0.1, 0.15) is 11.1 Å². The van der Waals surface area contributed by atoms with Crippen LogP contribution in [0.15, 0.2) is 48.5 Å². The predicted octanol–water partition coefficient (Wildman–Crippen LogP) is 2.45. The molecule has 0 atom stereocenters. The van der Waals surface area contributed by atoms with Crippen molar-refractivity contribution in [3.63, 3.8) is 0 Å². The van der Waals surface area contributed by atoms with Gasteiger partial charge >= 0.3 is 0 Å². The predicted molar refractivity (Wildman–Crippen MR) is 76.4 cm³/mol. The molecule has 0 radical (unpaired) electrons. The van der Waals surface area contributed by atoms with Crippen LogP contribution in [0.3, 0.4) is 0 Å². The lowest BCUT2D eigenvalue weighted by Gasteiger charge is -2.08. The molecule has 2 aromatic carbocycles. The van der Waals surface area contributed by atoms with Crippen LogP contribution in [0, 0.1) is 22.7 Å². The van der Waals surface area contributed by atoms with Crippen LogP contribution in [0.5, 0.6) is 5.75 Å². The summed E-state index contributed by atoms with van der Waals surface area (Å²) in [6, 6.07) is 17.2. The Morgan fingerprint density at radius 3 is 2.43 bits per heavy atom. The second-order valence-corrected chi connectivity index (χ2v) is 4.13. The number of hydrogen-bond acceptors (Lipinski definition) is 4. The van der Waals surface area contributed by atoms with E-state index in [1.54, 1.807) is 48.5 Å². The zero-order chi connectivity index (χ0) is 15.1. The molecule has 0 saturated heterocycles. The van der Waals surface area contributed by atoms with Crippen molar-refractivity contribution < 1.29 is 9.53 Å². The largest absolute Gasteiger partial charge is 0.482 e. The van der Waals surface area contributed by atoms with Crippen molar-refractivity contribution in [1.82, 2.24) is 0 Å². The van der Waals surface area contributed by atoms with Crippen molar-refractivity contribution in [2.75, 3.05) is 11.9 Å². The fraction of sp³-hybridized carbons (Fsp3) is 0.0625. The number of benzene rings is 2. The molecule has 102 valence electrons. The number of carbonyl (C=O) groups excluding carboxylic acids is 1. The van der Waals surface area contributed by atoms with E-state index in [2.05, 4.69) is 5.32 Å². The number of rotatable bonds is 4. The Labute approximate surface area is 122 Å². The fourth-order valence-electron chi connectivity index (χ4n) is 1.65. The van der Waals surface area contributed by atoms with Crippen molar-refractivity contribution in [3.8, 4) is 17.9 Å². The van der Waals surface area contributed by atoms with E-state index in [9.17, 15) is 4.79 Å². The van der Waals surface area contributed by atoms with Gasteiger partial charge in [-0.15, -0.1) is 0 Å². The average Bonchev–Trinajstić information content (AvgIpc) is 2.54. The minimum Gasteiger partial charge on any atom is -0.482 e. The highest BCUT2D eigenvalue weighted by molar-refractivity contribution is 5.91. The Morgan fingerprint density at radius 2 is 1.76 bits per heavy atom. The van der Waals surface area contributed by atoms with E-state index >= 15 is 0 Å². The lowest BCUT2D eigenvalue weighted by atomic mass is 10.2. The number of hydrogen-bond donors (Lipinski definition) is 1. The monoisotopic (exact) mass is 277 g/mol. The molecular weight excluding hydrogens is 266 g/mol. The number of amides is 1. The molecule has 0 aromatic heterocycles. The Morgan fingerprint density at radius 1 is 1.05 bits per heavy atom. The lowest BCUT2D eigenvalue weighted by Crippen LogP contribution is -2.20. The summed E-state index contributed by atoms with van der Waals surface area (Å²) >= 11 is 0. The summed E-state index contributed by atoms with van der Waals surface area (Å²) in [6.45, 7) is -0.196. The lowest BCUT2D eigenvalue weighted by molar-refractivity contribution is -0.118.